The van der Waals surface area contributed by atoms with Crippen LogP contribution in [-0.2, 0) is 4.79 Å². The van der Waals surface area contributed by atoms with Gasteiger partial charge in [0.15, 0.2) is 17.7 Å². The van der Waals surface area contributed by atoms with E-state index in [-0.39, 0.29) is 10.8 Å². The number of anilines is 1. The number of thioether (sulfide) groups is 1. The molecule has 0 aliphatic carbocycles. The van der Waals surface area contributed by atoms with Crippen LogP contribution in [0, 0.1) is 0 Å². The molecule has 1 atom stereocenters. The Labute approximate surface area is 172 Å². The third-order valence-electron chi connectivity index (χ3n) is 3.90. The monoisotopic (exact) mass is 423 g/mol. The second-order valence-electron chi connectivity index (χ2n) is 5.77. The van der Waals surface area contributed by atoms with Gasteiger partial charge in [0.05, 0.1) is 34.1 Å². The SMILES string of the molecule is COc1ccc(C(=O)Sc2cc(OC)c(OC)c(OC)c2)cc1NC(=O)C(C)F. The number of alkyl halides is 1. The summed E-state index contributed by atoms with van der Waals surface area (Å²) in [5.41, 5.74) is 0.504. The molecule has 0 spiro atoms. The number of hydrogen-bond acceptors (Lipinski definition) is 7. The minimum Gasteiger partial charge on any atom is -0.495 e. The number of rotatable bonds is 8. The molecule has 0 saturated carbocycles. The Balaban J connectivity index is 2.32. The molecule has 0 saturated heterocycles. The average Bonchev–Trinajstić information content (AvgIpc) is 2.72. The van der Waals surface area contributed by atoms with E-state index in [1.54, 1.807) is 18.2 Å². The molecule has 0 aromatic heterocycles. The Hall–Kier alpha value is -2.94. The fourth-order valence-corrected chi connectivity index (χ4v) is 3.24. The van der Waals surface area contributed by atoms with Gasteiger partial charge in [-0.15, -0.1) is 0 Å². The van der Waals surface area contributed by atoms with Crippen molar-refractivity contribution in [3.63, 3.8) is 0 Å². The van der Waals surface area contributed by atoms with E-state index in [1.165, 1.54) is 40.6 Å². The van der Waals surface area contributed by atoms with E-state index in [0.29, 0.717) is 33.5 Å². The van der Waals surface area contributed by atoms with Gasteiger partial charge < -0.3 is 24.3 Å². The summed E-state index contributed by atoms with van der Waals surface area (Å²) < 4.78 is 34.2. The van der Waals surface area contributed by atoms with E-state index in [4.69, 9.17) is 18.9 Å². The van der Waals surface area contributed by atoms with Crippen LogP contribution in [0.2, 0.25) is 0 Å². The predicted octanol–water partition coefficient (Wildman–Crippen LogP) is 3.95. The van der Waals surface area contributed by atoms with Crippen LogP contribution in [0.25, 0.3) is 0 Å². The summed E-state index contributed by atoms with van der Waals surface area (Å²) in [5, 5.41) is 2.11. The van der Waals surface area contributed by atoms with Gasteiger partial charge in [0.25, 0.3) is 5.91 Å². The summed E-state index contributed by atoms with van der Waals surface area (Å²) in [6.07, 6.45) is -1.70. The lowest BCUT2D eigenvalue weighted by atomic mass is 10.2. The summed E-state index contributed by atoms with van der Waals surface area (Å²) in [7, 11) is 5.87. The molecule has 0 aliphatic rings. The maximum atomic E-state index is 13.2. The summed E-state index contributed by atoms with van der Waals surface area (Å²) in [6.45, 7) is 1.12. The first-order valence-electron chi connectivity index (χ1n) is 8.49. The van der Waals surface area contributed by atoms with Crippen LogP contribution >= 0.6 is 11.8 Å². The quantitative estimate of drug-likeness (QED) is 0.644. The molecule has 1 amide bonds. The smallest absolute Gasteiger partial charge is 0.258 e. The zero-order valence-electron chi connectivity index (χ0n) is 16.7. The van der Waals surface area contributed by atoms with E-state index >= 15 is 0 Å². The lowest BCUT2D eigenvalue weighted by Gasteiger charge is -2.14. The predicted molar refractivity (Wildman–Crippen MR) is 108 cm³/mol. The minimum absolute atomic E-state index is 0.207. The second kappa shape index (κ2) is 10.0. The van der Waals surface area contributed by atoms with Crippen LogP contribution in [0.1, 0.15) is 17.3 Å². The molecular weight excluding hydrogens is 401 g/mol. The number of carbonyl (C=O) groups excluding carboxylic acids is 2. The van der Waals surface area contributed by atoms with Crippen LogP contribution in [0.5, 0.6) is 23.0 Å². The van der Waals surface area contributed by atoms with E-state index < -0.39 is 12.1 Å². The summed E-state index contributed by atoms with van der Waals surface area (Å²) in [4.78, 5) is 25.0. The van der Waals surface area contributed by atoms with Crippen molar-refractivity contribution in [3.05, 3.63) is 35.9 Å². The van der Waals surface area contributed by atoms with Crippen molar-refractivity contribution in [1.82, 2.24) is 0 Å². The number of benzene rings is 2. The third kappa shape index (κ3) is 5.32. The molecule has 0 fully saturated rings. The number of hydrogen-bond donors (Lipinski definition) is 1. The zero-order chi connectivity index (χ0) is 21.6. The first-order chi connectivity index (χ1) is 13.8. The Bertz CT molecular complexity index is 878. The van der Waals surface area contributed by atoms with Gasteiger partial charge in [-0.25, -0.2) is 4.39 Å². The maximum absolute atomic E-state index is 13.2. The van der Waals surface area contributed by atoms with Crippen molar-refractivity contribution < 1.29 is 32.9 Å². The highest BCUT2D eigenvalue weighted by Gasteiger charge is 2.19. The maximum Gasteiger partial charge on any atom is 0.258 e. The molecule has 2 aromatic rings. The van der Waals surface area contributed by atoms with Gasteiger partial charge in [0.1, 0.15) is 5.75 Å². The van der Waals surface area contributed by atoms with Crippen molar-refractivity contribution in [3.8, 4) is 23.0 Å². The summed E-state index contributed by atoms with van der Waals surface area (Å²) in [6, 6.07) is 7.83. The molecule has 0 heterocycles. The summed E-state index contributed by atoms with van der Waals surface area (Å²) >= 11 is 0.940. The molecule has 2 rings (SSSR count). The second-order valence-corrected chi connectivity index (χ2v) is 6.82. The first kappa shape index (κ1) is 22.4. The molecule has 0 aliphatic heterocycles. The van der Waals surface area contributed by atoms with Gasteiger partial charge >= 0.3 is 0 Å². The Morgan fingerprint density at radius 1 is 0.931 bits per heavy atom. The van der Waals surface area contributed by atoms with Crippen LogP contribution in [0.3, 0.4) is 0 Å². The fraction of sp³-hybridized carbons (Fsp3) is 0.300. The molecule has 29 heavy (non-hydrogen) atoms. The van der Waals surface area contributed by atoms with Crippen LogP contribution < -0.4 is 24.3 Å². The highest BCUT2D eigenvalue weighted by Crippen LogP contribution is 2.41. The Kier molecular flexibility index (Phi) is 7.72. The van der Waals surface area contributed by atoms with Gasteiger partial charge in [-0.2, -0.15) is 0 Å². The van der Waals surface area contributed by atoms with E-state index in [1.807, 2.05) is 0 Å². The Morgan fingerprint density at radius 2 is 1.52 bits per heavy atom. The zero-order valence-corrected chi connectivity index (χ0v) is 17.5. The van der Waals surface area contributed by atoms with Crippen molar-refractivity contribution in [2.75, 3.05) is 33.8 Å². The van der Waals surface area contributed by atoms with Crippen molar-refractivity contribution in [2.45, 2.75) is 18.0 Å². The molecule has 0 bridgehead atoms. The molecule has 7 nitrogen and oxygen atoms in total. The van der Waals surface area contributed by atoms with Crippen LogP contribution in [-0.4, -0.2) is 45.6 Å². The lowest BCUT2D eigenvalue weighted by molar-refractivity contribution is -0.120. The van der Waals surface area contributed by atoms with Crippen LogP contribution in [0.4, 0.5) is 10.1 Å². The molecule has 2 aromatic carbocycles. The fourth-order valence-electron chi connectivity index (χ4n) is 2.45. The van der Waals surface area contributed by atoms with Crippen molar-refractivity contribution >= 4 is 28.5 Å². The topological polar surface area (TPSA) is 83.1 Å². The number of carbonyl (C=O) groups is 2. The molecule has 0 radical (unpaired) electrons. The normalized spacial score (nSPS) is 11.4. The highest BCUT2D eigenvalue weighted by atomic mass is 32.2. The molecule has 156 valence electrons. The lowest BCUT2D eigenvalue weighted by Crippen LogP contribution is -2.21. The van der Waals surface area contributed by atoms with Crippen LogP contribution in [0.15, 0.2) is 35.2 Å². The van der Waals surface area contributed by atoms with E-state index in [9.17, 15) is 14.0 Å². The average molecular weight is 423 g/mol. The van der Waals surface area contributed by atoms with E-state index in [0.717, 1.165) is 18.7 Å². The van der Waals surface area contributed by atoms with Gasteiger partial charge in [-0.1, -0.05) is 0 Å². The molecule has 9 heteroatoms. The van der Waals surface area contributed by atoms with Gasteiger partial charge in [-0.05, 0) is 49.0 Å². The number of ether oxygens (including phenoxy) is 4. The van der Waals surface area contributed by atoms with E-state index in [2.05, 4.69) is 5.32 Å². The Morgan fingerprint density at radius 3 is 2.00 bits per heavy atom. The third-order valence-corrected chi connectivity index (χ3v) is 4.80. The minimum atomic E-state index is -1.70. The van der Waals surface area contributed by atoms with Crippen molar-refractivity contribution in [1.29, 1.82) is 0 Å². The first-order valence-corrected chi connectivity index (χ1v) is 9.31. The van der Waals surface area contributed by atoms with Gasteiger partial charge in [-0.3, -0.25) is 9.59 Å². The molecule has 1 N–H and O–H groups in total. The number of nitrogens with one attached hydrogen (secondary N) is 1. The standard InChI is InChI=1S/C20H22FNO6S/c1-11(21)19(23)22-14-8-12(6-7-15(14)25-2)20(24)29-13-9-16(26-3)18(28-5)17(10-13)27-4/h6-11H,1-5H3,(H,22,23). The molecular formula is C20H22FNO6S. The number of amides is 1. The molecule has 1 unspecified atom stereocenters. The number of methoxy groups -OCH3 is 4. The highest BCUT2D eigenvalue weighted by molar-refractivity contribution is 8.14. The summed E-state index contributed by atoms with van der Waals surface area (Å²) in [5.74, 6) is 0.739. The van der Waals surface area contributed by atoms with Gasteiger partial charge in [0.2, 0.25) is 10.9 Å². The van der Waals surface area contributed by atoms with Crippen molar-refractivity contribution in [2.24, 2.45) is 0 Å². The largest absolute Gasteiger partial charge is 0.495 e. The number of halogens is 1. The van der Waals surface area contributed by atoms with Gasteiger partial charge in [0, 0.05) is 10.5 Å².